The number of rotatable bonds is 5. The molecule has 1 amide bonds. The molecule has 0 aliphatic carbocycles. The molecule has 2 aromatic heterocycles. The van der Waals surface area contributed by atoms with Crippen LogP contribution >= 0.6 is 0 Å². The molecule has 2 atom stereocenters. The third kappa shape index (κ3) is 7.36. The standard InChI is InChI=1S/C24H32N4O3/c1-17-15-28(16-18(2)30-17)22-8-6-7-20(27-22)10-9-19-11-12-25-21(13-19)14-26-23(29)31-24(3,4)5/h6-13,17-18H,14-16H2,1-5H3,(H,26,29)/b10-9+/t17-,18+. The largest absolute Gasteiger partial charge is 0.444 e. The Kier molecular flexibility index (Phi) is 7.28. The maximum atomic E-state index is 11.8. The lowest BCUT2D eigenvalue weighted by Gasteiger charge is -2.36. The minimum Gasteiger partial charge on any atom is -0.444 e. The molecule has 0 aromatic carbocycles. The Hall–Kier alpha value is -2.93. The summed E-state index contributed by atoms with van der Waals surface area (Å²) in [6.07, 6.45) is 5.63. The molecule has 7 heteroatoms. The second-order valence-electron chi connectivity index (χ2n) is 8.85. The van der Waals surface area contributed by atoms with Crippen molar-refractivity contribution < 1.29 is 14.3 Å². The third-order valence-corrected chi connectivity index (χ3v) is 4.60. The first-order chi connectivity index (χ1) is 14.7. The predicted octanol–water partition coefficient (Wildman–Crippen LogP) is 4.29. The highest BCUT2D eigenvalue weighted by molar-refractivity contribution is 5.69. The first-order valence-electron chi connectivity index (χ1n) is 10.7. The number of nitrogens with zero attached hydrogens (tertiary/aromatic N) is 3. The van der Waals surface area contributed by atoms with Gasteiger partial charge in [-0.25, -0.2) is 9.78 Å². The summed E-state index contributed by atoms with van der Waals surface area (Å²) in [4.78, 5) is 23.2. The van der Waals surface area contributed by atoms with Gasteiger partial charge in [-0.2, -0.15) is 0 Å². The van der Waals surface area contributed by atoms with E-state index in [1.165, 1.54) is 0 Å². The lowest BCUT2D eigenvalue weighted by atomic mass is 10.2. The molecule has 166 valence electrons. The van der Waals surface area contributed by atoms with Gasteiger partial charge in [0, 0.05) is 19.3 Å². The van der Waals surface area contributed by atoms with Crippen molar-refractivity contribution in [3.8, 4) is 0 Å². The fourth-order valence-electron chi connectivity index (χ4n) is 3.43. The van der Waals surface area contributed by atoms with Gasteiger partial charge in [-0.05, 0) is 70.5 Å². The highest BCUT2D eigenvalue weighted by Gasteiger charge is 2.23. The highest BCUT2D eigenvalue weighted by Crippen LogP contribution is 2.19. The molecule has 0 spiro atoms. The Morgan fingerprint density at radius 1 is 1.23 bits per heavy atom. The van der Waals surface area contributed by atoms with Gasteiger partial charge in [0.1, 0.15) is 11.4 Å². The van der Waals surface area contributed by atoms with Crippen LogP contribution < -0.4 is 10.2 Å². The van der Waals surface area contributed by atoms with Gasteiger partial charge >= 0.3 is 6.09 Å². The number of hydrogen-bond donors (Lipinski definition) is 1. The van der Waals surface area contributed by atoms with Crippen LogP contribution in [0.25, 0.3) is 12.2 Å². The molecule has 0 saturated carbocycles. The number of nitrogens with one attached hydrogen (secondary N) is 1. The van der Waals surface area contributed by atoms with Crippen molar-refractivity contribution in [1.82, 2.24) is 15.3 Å². The summed E-state index contributed by atoms with van der Waals surface area (Å²) in [5.41, 5.74) is 2.10. The fourth-order valence-corrected chi connectivity index (χ4v) is 3.43. The van der Waals surface area contributed by atoms with E-state index in [-0.39, 0.29) is 12.2 Å². The molecule has 1 N–H and O–H groups in total. The van der Waals surface area contributed by atoms with Crippen LogP contribution in [0.5, 0.6) is 0 Å². The molecule has 1 fully saturated rings. The van der Waals surface area contributed by atoms with Gasteiger partial charge < -0.3 is 19.7 Å². The number of anilines is 1. The third-order valence-electron chi connectivity index (χ3n) is 4.60. The number of morpholine rings is 1. The normalized spacial score (nSPS) is 19.5. The van der Waals surface area contributed by atoms with Crippen LogP contribution in [0.15, 0.2) is 36.5 Å². The molecular formula is C24H32N4O3. The molecule has 1 aliphatic rings. The van der Waals surface area contributed by atoms with Gasteiger partial charge in [0.05, 0.1) is 30.1 Å². The average Bonchev–Trinajstić information content (AvgIpc) is 2.69. The average molecular weight is 425 g/mol. The van der Waals surface area contributed by atoms with Crippen LogP contribution in [0, 0.1) is 0 Å². The lowest BCUT2D eigenvalue weighted by molar-refractivity contribution is -0.00546. The zero-order chi connectivity index (χ0) is 22.4. The maximum absolute atomic E-state index is 11.8. The van der Waals surface area contributed by atoms with Crippen LogP contribution in [-0.4, -0.2) is 47.0 Å². The van der Waals surface area contributed by atoms with E-state index >= 15 is 0 Å². The molecule has 3 heterocycles. The lowest BCUT2D eigenvalue weighted by Crippen LogP contribution is -2.45. The van der Waals surface area contributed by atoms with Crippen LogP contribution in [0.4, 0.5) is 10.6 Å². The number of carbonyl (C=O) groups excluding carboxylic acids is 1. The fraction of sp³-hybridized carbons (Fsp3) is 0.458. The summed E-state index contributed by atoms with van der Waals surface area (Å²) < 4.78 is 11.1. The van der Waals surface area contributed by atoms with E-state index in [2.05, 4.69) is 29.0 Å². The van der Waals surface area contributed by atoms with Crippen molar-refractivity contribution in [1.29, 1.82) is 0 Å². The minimum atomic E-state index is -0.527. The number of alkyl carbamates (subject to hydrolysis) is 1. The van der Waals surface area contributed by atoms with E-state index < -0.39 is 11.7 Å². The first-order valence-corrected chi connectivity index (χ1v) is 10.7. The number of pyridine rings is 2. The van der Waals surface area contributed by atoms with Gasteiger partial charge in [-0.3, -0.25) is 4.98 Å². The van der Waals surface area contributed by atoms with Gasteiger partial charge in [-0.1, -0.05) is 12.1 Å². The Bertz CT molecular complexity index is 913. The molecular weight excluding hydrogens is 392 g/mol. The Morgan fingerprint density at radius 2 is 1.97 bits per heavy atom. The molecule has 2 aromatic rings. The molecule has 31 heavy (non-hydrogen) atoms. The summed E-state index contributed by atoms with van der Waals surface area (Å²) >= 11 is 0. The van der Waals surface area contributed by atoms with E-state index in [0.29, 0.717) is 6.54 Å². The van der Waals surface area contributed by atoms with Crippen LogP contribution in [0.1, 0.15) is 51.6 Å². The van der Waals surface area contributed by atoms with Gasteiger partial charge in [0.25, 0.3) is 0 Å². The zero-order valence-corrected chi connectivity index (χ0v) is 19.0. The molecule has 0 radical (unpaired) electrons. The minimum absolute atomic E-state index is 0.189. The summed E-state index contributed by atoms with van der Waals surface area (Å²) in [6, 6.07) is 9.90. The van der Waals surface area contributed by atoms with E-state index in [0.717, 1.165) is 35.9 Å². The number of carbonyl (C=O) groups is 1. The summed E-state index contributed by atoms with van der Waals surface area (Å²) in [7, 11) is 0. The van der Waals surface area contributed by atoms with Crippen molar-refractivity contribution >= 4 is 24.1 Å². The SMILES string of the molecule is C[C@@H]1CN(c2cccc(/C=C/c3ccnc(CNC(=O)OC(C)(C)C)c3)n2)C[C@H](C)O1. The number of aromatic nitrogens is 2. The quantitative estimate of drug-likeness (QED) is 0.772. The van der Waals surface area contributed by atoms with E-state index in [9.17, 15) is 4.79 Å². The zero-order valence-electron chi connectivity index (χ0n) is 19.0. The van der Waals surface area contributed by atoms with Gasteiger partial charge in [0.15, 0.2) is 0 Å². The Balaban J connectivity index is 1.63. The van der Waals surface area contributed by atoms with Crippen molar-refractivity contribution in [3.63, 3.8) is 0 Å². The monoisotopic (exact) mass is 424 g/mol. The molecule has 7 nitrogen and oxygen atoms in total. The maximum Gasteiger partial charge on any atom is 0.407 e. The van der Waals surface area contributed by atoms with Crippen molar-refractivity contribution in [2.45, 2.75) is 59.0 Å². The van der Waals surface area contributed by atoms with Crippen molar-refractivity contribution in [3.05, 3.63) is 53.5 Å². The summed E-state index contributed by atoms with van der Waals surface area (Å²) in [5, 5.41) is 2.73. The number of ether oxygens (including phenoxy) is 2. The molecule has 1 aliphatic heterocycles. The van der Waals surface area contributed by atoms with E-state index in [1.807, 2.05) is 63.3 Å². The molecule has 0 bridgehead atoms. The smallest absolute Gasteiger partial charge is 0.407 e. The van der Waals surface area contributed by atoms with Gasteiger partial charge in [-0.15, -0.1) is 0 Å². The van der Waals surface area contributed by atoms with Crippen LogP contribution in [-0.2, 0) is 16.0 Å². The second-order valence-corrected chi connectivity index (χ2v) is 8.85. The molecule has 3 rings (SSSR count). The molecule has 0 unspecified atom stereocenters. The van der Waals surface area contributed by atoms with Crippen molar-refractivity contribution in [2.24, 2.45) is 0 Å². The van der Waals surface area contributed by atoms with Gasteiger partial charge in [0.2, 0.25) is 0 Å². The first kappa shape index (κ1) is 22.7. The summed E-state index contributed by atoms with van der Waals surface area (Å²) in [6.45, 7) is 11.7. The Labute approximate surface area is 184 Å². The molecule has 1 saturated heterocycles. The van der Waals surface area contributed by atoms with Crippen LogP contribution in [0.3, 0.4) is 0 Å². The highest BCUT2D eigenvalue weighted by atomic mass is 16.6. The number of hydrogen-bond acceptors (Lipinski definition) is 6. The van der Waals surface area contributed by atoms with Crippen LogP contribution in [0.2, 0.25) is 0 Å². The van der Waals surface area contributed by atoms with Crippen molar-refractivity contribution in [2.75, 3.05) is 18.0 Å². The predicted molar refractivity (Wildman–Crippen MR) is 123 cm³/mol. The second kappa shape index (κ2) is 9.92. The topological polar surface area (TPSA) is 76.6 Å². The number of amides is 1. The Morgan fingerprint density at radius 3 is 2.68 bits per heavy atom. The van der Waals surface area contributed by atoms with E-state index in [4.69, 9.17) is 14.5 Å². The van der Waals surface area contributed by atoms with E-state index in [1.54, 1.807) is 6.20 Å². The summed E-state index contributed by atoms with van der Waals surface area (Å²) in [5.74, 6) is 0.959.